The minimum atomic E-state index is -0.872. The van der Waals surface area contributed by atoms with Crippen molar-refractivity contribution in [3.05, 3.63) is 82.9 Å². The molecular formula is C21H16ClN3O3. The van der Waals surface area contributed by atoms with Crippen LogP contribution in [-0.4, -0.2) is 21.2 Å². The summed E-state index contributed by atoms with van der Waals surface area (Å²) in [5.74, 6) is 0.987. The topological polar surface area (TPSA) is 101 Å². The van der Waals surface area contributed by atoms with Crippen molar-refractivity contribution in [3.63, 3.8) is 0 Å². The summed E-state index contributed by atoms with van der Waals surface area (Å²) in [4.78, 5) is 18.6. The fourth-order valence-corrected chi connectivity index (χ4v) is 3.24. The lowest BCUT2D eigenvalue weighted by Gasteiger charge is -2.13. The summed E-state index contributed by atoms with van der Waals surface area (Å²) in [7, 11) is 0. The van der Waals surface area contributed by atoms with Crippen LogP contribution in [0.15, 0.2) is 66.7 Å². The summed E-state index contributed by atoms with van der Waals surface area (Å²) in [6.07, 6.45) is -1.69. The summed E-state index contributed by atoms with van der Waals surface area (Å²) in [6.45, 7) is 0. The van der Waals surface area contributed by atoms with E-state index in [2.05, 4.69) is 9.97 Å². The lowest BCUT2D eigenvalue weighted by Crippen LogP contribution is -2.16. The molecule has 0 aliphatic carbocycles. The molecule has 3 aromatic carbocycles. The number of primary amides is 1. The largest absolute Gasteiger partial charge is 0.410 e. The third-order valence-corrected chi connectivity index (χ3v) is 4.72. The molecule has 4 aromatic rings. The molecule has 1 unspecified atom stereocenters. The van der Waals surface area contributed by atoms with Crippen LogP contribution in [0.4, 0.5) is 4.79 Å². The maximum Gasteiger partial charge on any atom is 0.409 e. The zero-order valence-electron chi connectivity index (χ0n) is 14.6. The van der Waals surface area contributed by atoms with E-state index in [0.717, 1.165) is 16.6 Å². The first-order valence-electron chi connectivity index (χ1n) is 8.51. The molecule has 140 valence electrons. The number of hydrogen-bond acceptors (Lipinski definition) is 4. The molecule has 0 saturated carbocycles. The first-order valence-corrected chi connectivity index (χ1v) is 8.89. The summed E-state index contributed by atoms with van der Waals surface area (Å²) < 4.78 is 4.88. The fraction of sp³-hybridized carbons (Fsp3) is 0.0476. The number of hydrogen-bond donors (Lipinski definition) is 3. The molecule has 0 bridgehead atoms. The zero-order valence-corrected chi connectivity index (χ0v) is 15.4. The number of aliphatic hydroxyl groups is 1. The lowest BCUT2D eigenvalue weighted by atomic mass is 10.0. The Bertz CT molecular complexity index is 1160. The molecule has 0 radical (unpaired) electrons. The van der Waals surface area contributed by atoms with Crippen molar-refractivity contribution in [1.29, 1.82) is 0 Å². The maximum atomic E-state index is 10.9. The number of carbonyl (C=O) groups excluding carboxylic acids is 1. The van der Waals surface area contributed by atoms with E-state index in [9.17, 15) is 9.90 Å². The van der Waals surface area contributed by atoms with Gasteiger partial charge in [0, 0.05) is 22.2 Å². The van der Waals surface area contributed by atoms with Gasteiger partial charge in [-0.05, 0) is 23.8 Å². The van der Waals surface area contributed by atoms with Gasteiger partial charge < -0.3 is 20.6 Å². The van der Waals surface area contributed by atoms with Gasteiger partial charge in [0.25, 0.3) is 0 Å². The molecule has 0 saturated heterocycles. The number of nitrogens with zero attached hydrogens (tertiary/aromatic N) is 1. The monoisotopic (exact) mass is 393 g/mol. The Kier molecular flexibility index (Phi) is 4.73. The lowest BCUT2D eigenvalue weighted by molar-refractivity contribution is 0.211. The van der Waals surface area contributed by atoms with Crippen molar-refractivity contribution in [1.82, 2.24) is 9.97 Å². The minimum absolute atomic E-state index is 0.330. The van der Waals surface area contributed by atoms with E-state index in [1.807, 2.05) is 36.4 Å². The predicted octanol–water partition coefficient (Wildman–Crippen LogP) is 4.42. The molecule has 1 heterocycles. The summed E-state index contributed by atoms with van der Waals surface area (Å²) in [5.41, 5.74) is 8.71. The number of amides is 1. The Labute approximate surface area is 165 Å². The highest BCUT2D eigenvalue weighted by molar-refractivity contribution is 6.31. The second kappa shape index (κ2) is 7.34. The Morgan fingerprint density at radius 1 is 1.11 bits per heavy atom. The van der Waals surface area contributed by atoms with Crippen molar-refractivity contribution in [2.45, 2.75) is 6.10 Å². The molecule has 4 rings (SSSR count). The van der Waals surface area contributed by atoms with E-state index >= 15 is 0 Å². The van der Waals surface area contributed by atoms with Crippen molar-refractivity contribution >= 4 is 28.7 Å². The van der Waals surface area contributed by atoms with Gasteiger partial charge in [0.15, 0.2) is 0 Å². The Hall–Kier alpha value is -3.35. The Balaban J connectivity index is 1.61. The molecule has 28 heavy (non-hydrogen) atoms. The van der Waals surface area contributed by atoms with Gasteiger partial charge >= 0.3 is 6.09 Å². The van der Waals surface area contributed by atoms with E-state index in [1.54, 1.807) is 30.3 Å². The molecular weight excluding hydrogens is 378 g/mol. The SMILES string of the molecule is NC(=O)Oc1ccc2[nH]c(-c3ccc(C(O)c4ccccc4Cl)cc3)nc2c1. The highest BCUT2D eigenvalue weighted by Crippen LogP contribution is 2.30. The van der Waals surface area contributed by atoms with Crippen molar-refractivity contribution in [3.8, 4) is 17.1 Å². The fourth-order valence-electron chi connectivity index (χ4n) is 3.00. The molecule has 1 aromatic heterocycles. The standard InChI is InChI=1S/C21H16ClN3O3/c22-16-4-2-1-3-15(16)19(26)12-5-7-13(8-6-12)20-24-17-10-9-14(28-21(23)27)11-18(17)25-20/h1-11,19,26H,(H2,23,27)(H,24,25). The summed E-state index contributed by atoms with van der Waals surface area (Å²) in [5, 5.41) is 11.1. The van der Waals surface area contributed by atoms with Crippen LogP contribution in [-0.2, 0) is 0 Å². The first-order chi connectivity index (χ1) is 13.5. The number of nitrogens with one attached hydrogen (secondary N) is 1. The predicted molar refractivity (Wildman–Crippen MR) is 107 cm³/mol. The van der Waals surface area contributed by atoms with Crippen LogP contribution in [0.1, 0.15) is 17.2 Å². The third kappa shape index (κ3) is 3.55. The highest BCUT2D eigenvalue weighted by Gasteiger charge is 2.14. The number of aliphatic hydroxyl groups excluding tert-OH is 1. The number of halogens is 1. The molecule has 6 nitrogen and oxygen atoms in total. The van der Waals surface area contributed by atoms with Crippen LogP contribution in [0.25, 0.3) is 22.4 Å². The van der Waals surface area contributed by atoms with E-state index in [-0.39, 0.29) is 0 Å². The maximum absolute atomic E-state index is 10.9. The van der Waals surface area contributed by atoms with Crippen LogP contribution in [0.5, 0.6) is 5.75 Å². The second-order valence-corrected chi connectivity index (χ2v) is 6.64. The molecule has 0 aliphatic rings. The van der Waals surface area contributed by atoms with Crippen LogP contribution < -0.4 is 10.5 Å². The highest BCUT2D eigenvalue weighted by atomic mass is 35.5. The van der Waals surface area contributed by atoms with E-state index in [0.29, 0.717) is 27.7 Å². The molecule has 0 aliphatic heterocycles. The number of nitrogens with two attached hydrogens (primary N) is 1. The average Bonchev–Trinajstić information content (AvgIpc) is 3.11. The van der Waals surface area contributed by atoms with Gasteiger partial charge in [-0.3, -0.25) is 0 Å². The van der Waals surface area contributed by atoms with Gasteiger partial charge in [-0.15, -0.1) is 0 Å². The van der Waals surface area contributed by atoms with E-state index in [1.165, 1.54) is 0 Å². The van der Waals surface area contributed by atoms with Gasteiger partial charge in [0.2, 0.25) is 0 Å². The van der Waals surface area contributed by atoms with E-state index in [4.69, 9.17) is 22.1 Å². The number of benzene rings is 3. The number of fused-ring (bicyclic) bond motifs is 1. The van der Waals surface area contributed by atoms with Gasteiger partial charge in [0.1, 0.15) is 17.7 Å². The summed E-state index contributed by atoms with van der Waals surface area (Å²) >= 11 is 6.17. The number of rotatable bonds is 4. The van der Waals surface area contributed by atoms with Gasteiger partial charge in [-0.1, -0.05) is 54.1 Å². The second-order valence-electron chi connectivity index (χ2n) is 6.23. The first kappa shape index (κ1) is 18.0. The van der Waals surface area contributed by atoms with Crippen molar-refractivity contribution < 1.29 is 14.6 Å². The number of aromatic nitrogens is 2. The average molecular weight is 394 g/mol. The minimum Gasteiger partial charge on any atom is -0.410 e. The van der Waals surface area contributed by atoms with Crippen LogP contribution >= 0.6 is 11.6 Å². The number of aromatic amines is 1. The Morgan fingerprint density at radius 2 is 1.86 bits per heavy atom. The Morgan fingerprint density at radius 3 is 2.57 bits per heavy atom. The number of ether oxygens (including phenoxy) is 1. The smallest absolute Gasteiger partial charge is 0.409 e. The third-order valence-electron chi connectivity index (χ3n) is 4.37. The molecule has 7 heteroatoms. The molecule has 1 amide bonds. The van der Waals surface area contributed by atoms with Crippen LogP contribution in [0.3, 0.4) is 0 Å². The van der Waals surface area contributed by atoms with Gasteiger partial charge in [-0.2, -0.15) is 0 Å². The number of carbonyl (C=O) groups is 1. The summed E-state index contributed by atoms with van der Waals surface area (Å²) in [6, 6.07) is 19.6. The molecule has 0 spiro atoms. The van der Waals surface area contributed by atoms with Crippen molar-refractivity contribution in [2.24, 2.45) is 5.73 Å². The quantitative estimate of drug-likeness (QED) is 0.477. The van der Waals surface area contributed by atoms with Gasteiger partial charge in [0.05, 0.1) is 11.0 Å². The van der Waals surface area contributed by atoms with Crippen LogP contribution in [0, 0.1) is 0 Å². The molecule has 0 fully saturated rings. The van der Waals surface area contributed by atoms with Crippen LogP contribution in [0.2, 0.25) is 5.02 Å². The van der Waals surface area contributed by atoms with Crippen molar-refractivity contribution in [2.75, 3.05) is 0 Å². The molecule has 4 N–H and O–H groups in total. The zero-order chi connectivity index (χ0) is 19.7. The van der Waals surface area contributed by atoms with Gasteiger partial charge in [-0.25, -0.2) is 9.78 Å². The molecule has 1 atom stereocenters. The van der Waals surface area contributed by atoms with E-state index < -0.39 is 12.2 Å². The number of H-pyrrole nitrogens is 1. The normalized spacial score (nSPS) is 12.1. The number of imidazole rings is 1.